The van der Waals surface area contributed by atoms with Gasteiger partial charge in [0.1, 0.15) is 11.2 Å². The maximum Gasteiger partial charge on any atom is 0.124 e. The number of hydrogen-bond donors (Lipinski definition) is 0. The summed E-state index contributed by atoms with van der Waals surface area (Å²) in [6.07, 6.45) is 6.22. The first-order valence-corrected chi connectivity index (χ1v) is 10.5. The predicted octanol–water partition coefficient (Wildman–Crippen LogP) is 5.66. The van der Waals surface area contributed by atoms with Gasteiger partial charge in [0.05, 0.1) is 0 Å². The fourth-order valence-electron chi connectivity index (χ4n) is 7.11. The molecule has 6 atom stereocenters. The van der Waals surface area contributed by atoms with Crippen LogP contribution in [0.4, 0.5) is 0 Å². The third-order valence-electron chi connectivity index (χ3n) is 7.85. The first-order chi connectivity index (χ1) is 13.9. The van der Waals surface area contributed by atoms with E-state index in [1.165, 1.54) is 28.7 Å². The van der Waals surface area contributed by atoms with E-state index < -0.39 is 0 Å². The molecular weight excluding hydrogens is 340 g/mol. The van der Waals surface area contributed by atoms with Crippen molar-refractivity contribution in [2.75, 3.05) is 0 Å². The Morgan fingerprint density at radius 1 is 0.571 bits per heavy atom. The molecule has 1 heteroatoms. The number of rotatable bonds is 2. The van der Waals surface area contributed by atoms with Gasteiger partial charge in [-0.05, 0) is 40.5 Å². The summed E-state index contributed by atoms with van der Waals surface area (Å²) in [6.45, 7) is 0. The average Bonchev–Trinajstić information content (AvgIpc) is 3.52. The Bertz CT molecular complexity index is 1010. The second-order valence-corrected chi connectivity index (χ2v) is 8.85. The van der Waals surface area contributed by atoms with Crippen molar-refractivity contribution in [3.05, 3.63) is 119 Å². The third-order valence-corrected chi connectivity index (χ3v) is 7.85. The minimum absolute atomic E-state index is 0.345. The normalized spacial score (nSPS) is 38.6. The van der Waals surface area contributed by atoms with Crippen molar-refractivity contribution in [2.45, 2.75) is 17.6 Å². The van der Waals surface area contributed by atoms with Crippen molar-refractivity contribution in [3.63, 3.8) is 0 Å². The monoisotopic (exact) mass is 362 g/mol. The van der Waals surface area contributed by atoms with Gasteiger partial charge in [-0.15, -0.1) is 0 Å². The van der Waals surface area contributed by atoms with E-state index in [-0.39, 0.29) is 11.2 Å². The molecule has 136 valence electrons. The molecule has 2 fully saturated rings. The Kier molecular flexibility index (Phi) is 2.75. The largest absolute Gasteiger partial charge is 0.349 e. The number of fused-ring (bicyclic) bond motifs is 12. The van der Waals surface area contributed by atoms with Gasteiger partial charge in [0, 0.05) is 11.8 Å². The maximum absolute atomic E-state index is 7.40. The molecule has 1 nitrogen and oxygen atoms in total. The van der Waals surface area contributed by atoms with Gasteiger partial charge in [-0.2, -0.15) is 0 Å². The molecule has 2 aliphatic heterocycles. The zero-order valence-corrected chi connectivity index (χ0v) is 15.7. The van der Waals surface area contributed by atoms with Crippen LogP contribution < -0.4 is 0 Å². The molecule has 0 unspecified atom stereocenters. The molecule has 3 aromatic rings. The lowest BCUT2D eigenvalue weighted by Crippen LogP contribution is -2.42. The first kappa shape index (κ1) is 15.3. The van der Waals surface area contributed by atoms with E-state index >= 15 is 0 Å². The third kappa shape index (κ3) is 1.53. The van der Waals surface area contributed by atoms with Crippen LogP contribution >= 0.6 is 0 Å². The molecule has 7 rings (SSSR count). The number of hydrogen-bond acceptors (Lipinski definition) is 1. The van der Waals surface area contributed by atoms with E-state index in [0.717, 1.165) is 0 Å². The molecule has 1 saturated heterocycles. The van der Waals surface area contributed by atoms with Crippen molar-refractivity contribution >= 4 is 0 Å². The molecule has 2 heterocycles. The standard InChI is InChI=1S/C27H22O/c1-3-9-20(10-4-1)26-22-13-7-8-14-23(22)27(28-26,21-11-5-2-6-12-21)25-19-16-15-18(17-19)24(25)26/h1-16,18-19,24-25H,17H2/t18-,19-,24+,25+,26-,27-/m0/s1. The summed E-state index contributed by atoms with van der Waals surface area (Å²) in [5.41, 5.74) is 4.70. The van der Waals surface area contributed by atoms with Crippen molar-refractivity contribution in [2.24, 2.45) is 23.7 Å². The van der Waals surface area contributed by atoms with Gasteiger partial charge < -0.3 is 4.74 Å². The molecule has 0 N–H and O–H groups in total. The van der Waals surface area contributed by atoms with Gasteiger partial charge in [0.2, 0.25) is 0 Å². The van der Waals surface area contributed by atoms with E-state index in [0.29, 0.717) is 23.7 Å². The van der Waals surface area contributed by atoms with Crippen molar-refractivity contribution in [1.82, 2.24) is 0 Å². The lowest BCUT2D eigenvalue weighted by molar-refractivity contribution is -0.0666. The Balaban J connectivity index is 1.60. The Labute approximate surface area is 165 Å². The minimum Gasteiger partial charge on any atom is -0.349 e. The van der Waals surface area contributed by atoms with Crippen LogP contribution in [-0.4, -0.2) is 0 Å². The Morgan fingerprint density at radius 2 is 1.00 bits per heavy atom. The zero-order chi connectivity index (χ0) is 18.3. The van der Waals surface area contributed by atoms with Crippen LogP contribution in [-0.2, 0) is 15.9 Å². The van der Waals surface area contributed by atoms with Gasteiger partial charge in [0.25, 0.3) is 0 Å². The highest BCUT2D eigenvalue weighted by molar-refractivity contribution is 5.59. The smallest absolute Gasteiger partial charge is 0.124 e. The molecule has 3 aromatic carbocycles. The van der Waals surface area contributed by atoms with Gasteiger partial charge in [-0.1, -0.05) is 97.1 Å². The summed E-state index contributed by atoms with van der Waals surface area (Å²) >= 11 is 0. The van der Waals surface area contributed by atoms with Crippen LogP contribution in [0.3, 0.4) is 0 Å². The number of allylic oxidation sites excluding steroid dienone is 2. The van der Waals surface area contributed by atoms with E-state index in [1.807, 2.05) is 0 Å². The second-order valence-electron chi connectivity index (χ2n) is 8.85. The molecule has 0 spiro atoms. The van der Waals surface area contributed by atoms with Crippen LogP contribution in [0.25, 0.3) is 0 Å². The molecule has 0 aromatic heterocycles. The quantitative estimate of drug-likeness (QED) is 0.535. The molecular formula is C27H22O. The summed E-state index contributed by atoms with van der Waals surface area (Å²) < 4.78 is 7.40. The average molecular weight is 362 g/mol. The zero-order valence-electron chi connectivity index (χ0n) is 15.7. The van der Waals surface area contributed by atoms with Crippen molar-refractivity contribution in [1.29, 1.82) is 0 Å². The van der Waals surface area contributed by atoms with Gasteiger partial charge in [-0.3, -0.25) is 0 Å². The Morgan fingerprint density at radius 3 is 1.46 bits per heavy atom. The molecule has 2 aliphatic carbocycles. The van der Waals surface area contributed by atoms with Gasteiger partial charge in [0.15, 0.2) is 0 Å². The van der Waals surface area contributed by atoms with Crippen LogP contribution in [0.1, 0.15) is 28.7 Å². The SMILES string of the molecule is C1=C[C@H]2C[C@H]1[C@@H]1[C@@H]2[C@@]2(c3ccccc3)O[C@@]1(c1ccccc1)c1ccccc12. The highest BCUT2D eigenvalue weighted by Gasteiger charge is 2.75. The van der Waals surface area contributed by atoms with E-state index in [2.05, 4.69) is 97.1 Å². The lowest BCUT2D eigenvalue weighted by Gasteiger charge is -2.41. The molecule has 28 heavy (non-hydrogen) atoms. The van der Waals surface area contributed by atoms with E-state index in [9.17, 15) is 0 Å². The highest BCUT2D eigenvalue weighted by Crippen LogP contribution is 2.75. The van der Waals surface area contributed by atoms with Crippen LogP contribution in [0, 0.1) is 23.7 Å². The molecule has 4 bridgehead atoms. The summed E-state index contributed by atoms with van der Waals surface area (Å²) in [4.78, 5) is 0. The van der Waals surface area contributed by atoms with E-state index in [1.54, 1.807) is 0 Å². The van der Waals surface area contributed by atoms with Crippen LogP contribution in [0.15, 0.2) is 97.1 Å². The summed E-state index contributed by atoms with van der Waals surface area (Å²) in [6, 6.07) is 31.0. The van der Waals surface area contributed by atoms with Crippen LogP contribution in [0.5, 0.6) is 0 Å². The minimum atomic E-state index is -0.345. The summed E-state index contributed by atoms with van der Waals surface area (Å²) in [7, 11) is 0. The van der Waals surface area contributed by atoms with Gasteiger partial charge in [-0.25, -0.2) is 0 Å². The number of ether oxygens (including phenoxy) is 1. The molecule has 0 radical (unpaired) electrons. The predicted molar refractivity (Wildman–Crippen MR) is 110 cm³/mol. The second kappa shape index (κ2) is 5.04. The topological polar surface area (TPSA) is 9.23 Å². The highest BCUT2D eigenvalue weighted by atomic mass is 16.5. The summed E-state index contributed by atoms with van der Waals surface area (Å²) in [5, 5.41) is 0. The molecule has 0 amide bonds. The maximum atomic E-state index is 7.40. The fraction of sp³-hybridized carbons (Fsp3) is 0.259. The fourth-order valence-corrected chi connectivity index (χ4v) is 7.11. The van der Waals surface area contributed by atoms with Crippen molar-refractivity contribution < 1.29 is 4.74 Å². The van der Waals surface area contributed by atoms with Crippen LogP contribution in [0.2, 0.25) is 0 Å². The number of benzene rings is 3. The molecule has 4 aliphatic rings. The Hall–Kier alpha value is -2.64. The van der Waals surface area contributed by atoms with Gasteiger partial charge >= 0.3 is 0 Å². The summed E-state index contributed by atoms with van der Waals surface area (Å²) in [5.74, 6) is 2.21. The molecule has 1 saturated carbocycles. The van der Waals surface area contributed by atoms with E-state index in [4.69, 9.17) is 4.74 Å². The first-order valence-electron chi connectivity index (χ1n) is 10.5. The van der Waals surface area contributed by atoms with Crippen molar-refractivity contribution in [3.8, 4) is 0 Å². The lowest BCUT2D eigenvalue weighted by atomic mass is 9.57.